The summed E-state index contributed by atoms with van der Waals surface area (Å²) in [5.41, 5.74) is 7.74. The third-order valence-corrected chi connectivity index (χ3v) is 4.59. The quantitative estimate of drug-likeness (QED) is 0.656. The van der Waals surface area contributed by atoms with Gasteiger partial charge in [0.25, 0.3) is 0 Å². The van der Waals surface area contributed by atoms with Gasteiger partial charge in [-0.05, 0) is 43.4 Å². The van der Waals surface area contributed by atoms with Crippen LogP contribution in [0.2, 0.25) is 0 Å². The number of carbonyl (C=O) groups excluding carboxylic acids is 1. The smallest absolute Gasteiger partial charge is 0.340 e. The van der Waals surface area contributed by atoms with Gasteiger partial charge in [0, 0.05) is 17.4 Å². The number of hydrogen-bond acceptors (Lipinski definition) is 4. The van der Waals surface area contributed by atoms with Crippen LogP contribution in [0, 0.1) is 11.8 Å². The molecule has 1 saturated carbocycles. The van der Waals surface area contributed by atoms with Crippen LogP contribution in [0.15, 0.2) is 18.2 Å². The van der Waals surface area contributed by atoms with E-state index >= 15 is 0 Å². The van der Waals surface area contributed by atoms with Crippen molar-refractivity contribution in [3.8, 4) is 0 Å². The van der Waals surface area contributed by atoms with Crippen LogP contribution in [0.1, 0.15) is 50.4 Å². The maximum atomic E-state index is 12.1. The number of esters is 1. The Kier molecular flexibility index (Phi) is 5.10. The summed E-state index contributed by atoms with van der Waals surface area (Å²) in [6.07, 6.45) is 3.65. The normalized spacial score (nSPS) is 25.4. The Morgan fingerprint density at radius 3 is 2.86 bits per heavy atom. The minimum atomic E-state index is -0.316. The summed E-state index contributed by atoms with van der Waals surface area (Å²) in [4.78, 5) is 12.1. The summed E-state index contributed by atoms with van der Waals surface area (Å²) < 4.78 is 5.13. The SMILES string of the molecule is CCOC(=O)c1cc(N)ccc1NC1CCCC(C)C1C. The lowest BCUT2D eigenvalue weighted by Crippen LogP contribution is -2.35. The highest BCUT2D eigenvalue weighted by Crippen LogP contribution is 2.32. The van der Waals surface area contributed by atoms with E-state index in [0.717, 1.165) is 12.1 Å². The molecule has 0 saturated heterocycles. The van der Waals surface area contributed by atoms with Gasteiger partial charge in [-0.3, -0.25) is 0 Å². The fraction of sp³-hybridized carbons (Fsp3) is 0.588. The predicted molar refractivity (Wildman–Crippen MR) is 86.4 cm³/mol. The van der Waals surface area contributed by atoms with Gasteiger partial charge in [-0.1, -0.05) is 26.7 Å². The maximum Gasteiger partial charge on any atom is 0.340 e. The molecule has 1 aromatic rings. The predicted octanol–water partition coefficient (Wildman–Crippen LogP) is 3.68. The third-order valence-electron chi connectivity index (χ3n) is 4.59. The molecule has 3 atom stereocenters. The van der Waals surface area contributed by atoms with Crippen molar-refractivity contribution in [3.05, 3.63) is 23.8 Å². The molecule has 2 rings (SSSR count). The second-order valence-electron chi connectivity index (χ2n) is 6.04. The first-order chi connectivity index (χ1) is 10.0. The summed E-state index contributed by atoms with van der Waals surface area (Å²) in [5, 5.41) is 3.54. The van der Waals surface area contributed by atoms with Crippen molar-refractivity contribution >= 4 is 17.3 Å². The number of hydrogen-bond donors (Lipinski definition) is 2. The van der Waals surface area contributed by atoms with E-state index in [2.05, 4.69) is 19.2 Å². The molecular formula is C17H26N2O2. The summed E-state index contributed by atoms with van der Waals surface area (Å²) in [6.45, 7) is 6.75. The average Bonchev–Trinajstić information content (AvgIpc) is 2.46. The van der Waals surface area contributed by atoms with E-state index in [1.165, 1.54) is 12.8 Å². The number of nitrogens with two attached hydrogens (primary N) is 1. The fourth-order valence-corrected chi connectivity index (χ4v) is 3.05. The molecule has 116 valence electrons. The Balaban J connectivity index is 2.21. The highest BCUT2D eigenvalue weighted by atomic mass is 16.5. The van der Waals surface area contributed by atoms with E-state index in [4.69, 9.17) is 10.5 Å². The van der Waals surface area contributed by atoms with Gasteiger partial charge < -0.3 is 15.8 Å². The Morgan fingerprint density at radius 2 is 2.14 bits per heavy atom. The second-order valence-corrected chi connectivity index (χ2v) is 6.04. The van der Waals surface area contributed by atoms with Crippen molar-refractivity contribution < 1.29 is 9.53 Å². The molecule has 0 heterocycles. The minimum absolute atomic E-state index is 0.316. The van der Waals surface area contributed by atoms with Gasteiger partial charge >= 0.3 is 5.97 Å². The van der Waals surface area contributed by atoms with Crippen LogP contribution in [-0.2, 0) is 4.74 Å². The van der Waals surface area contributed by atoms with Gasteiger partial charge in [0.1, 0.15) is 0 Å². The molecule has 0 aromatic heterocycles. The van der Waals surface area contributed by atoms with Gasteiger partial charge in [0.05, 0.1) is 12.2 Å². The van der Waals surface area contributed by atoms with Crippen LogP contribution >= 0.6 is 0 Å². The summed E-state index contributed by atoms with van der Waals surface area (Å²) in [7, 11) is 0. The summed E-state index contributed by atoms with van der Waals surface area (Å²) in [5.74, 6) is 0.978. The lowest BCUT2D eigenvalue weighted by Gasteiger charge is -2.35. The number of carbonyl (C=O) groups is 1. The topological polar surface area (TPSA) is 64.3 Å². The number of nitrogens with one attached hydrogen (secondary N) is 1. The van der Waals surface area contributed by atoms with E-state index in [9.17, 15) is 4.79 Å². The van der Waals surface area contributed by atoms with Crippen molar-refractivity contribution in [1.82, 2.24) is 0 Å². The number of benzene rings is 1. The first-order valence-electron chi connectivity index (χ1n) is 7.86. The molecule has 1 aromatic carbocycles. The average molecular weight is 290 g/mol. The van der Waals surface area contributed by atoms with Crippen LogP contribution in [0.25, 0.3) is 0 Å². The molecule has 4 heteroatoms. The molecule has 1 aliphatic carbocycles. The zero-order chi connectivity index (χ0) is 15.4. The Hall–Kier alpha value is -1.71. The Bertz CT molecular complexity index is 502. The molecule has 3 N–H and O–H groups in total. The molecule has 0 bridgehead atoms. The van der Waals surface area contributed by atoms with Crippen molar-refractivity contribution in [2.45, 2.75) is 46.1 Å². The maximum absolute atomic E-state index is 12.1. The van der Waals surface area contributed by atoms with E-state index < -0.39 is 0 Å². The highest BCUT2D eigenvalue weighted by Gasteiger charge is 2.28. The molecule has 21 heavy (non-hydrogen) atoms. The number of nitrogen functional groups attached to an aromatic ring is 1. The lowest BCUT2D eigenvalue weighted by molar-refractivity contribution is 0.0527. The Morgan fingerprint density at radius 1 is 1.38 bits per heavy atom. The molecule has 1 aliphatic rings. The zero-order valence-electron chi connectivity index (χ0n) is 13.2. The Labute approximate surface area is 127 Å². The largest absolute Gasteiger partial charge is 0.462 e. The monoisotopic (exact) mass is 290 g/mol. The molecule has 0 radical (unpaired) electrons. The third kappa shape index (κ3) is 3.69. The van der Waals surface area contributed by atoms with Crippen LogP contribution in [0.3, 0.4) is 0 Å². The van der Waals surface area contributed by atoms with Gasteiger partial charge in [0.15, 0.2) is 0 Å². The first-order valence-corrected chi connectivity index (χ1v) is 7.86. The first kappa shape index (κ1) is 15.7. The highest BCUT2D eigenvalue weighted by molar-refractivity contribution is 5.96. The van der Waals surface area contributed by atoms with Crippen LogP contribution in [-0.4, -0.2) is 18.6 Å². The number of rotatable bonds is 4. The van der Waals surface area contributed by atoms with Gasteiger partial charge in [0.2, 0.25) is 0 Å². The van der Waals surface area contributed by atoms with Crippen molar-refractivity contribution in [1.29, 1.82) is 0 Å². The fourth-order valence-electron chi connectivity index (χ4n) is 3.05. The van der Waals surface area contributed by atoms with Crippen LogP contribution < -0.4 is 11.1 Å². The summed E-state index contributed by atoms with van der Waals surface area (Å²) in [6, 6.07) is 5.79. The number of ether oxygens (including phenoxy) is 1. The van der Waals surface area contributed by atoms with E-state index in [-0.39, 0.29) is 5.97 Å². The van der Waals surface area contributed by atoms with Gasteiger partial charge in [-0.2, -0.15) is 0 Å². The van der Waals surface area contributed by atoms with Crippen molar-refractivity contribution in [2.24, 2.45) is 11.8 Å². The lowest BCUT2D eigenvalue weighted by atomic mass is 9.78. The zero-order valence-corrected chi connectivity index (χ0v) is 13.2. The summed E-state index contributed by atoms with van der Waals surface area (Å²) >= 11 is 0. The van der Waals surface area contributed by atoms with E-state index in [0.29, 0.717) is 35.7 Å². The molecule has 4 nitrogen and oxygen atoms in total. The van der Waals surface area contributed by atoms with Gasteiger partial charge in [-0.15, -0.1) is 0 Å². The second kappa shape index (κ2) is 6.83. The number of anilines is 2. The molecule has 0 spiro atoms. The standard InChI is InChI=1S/C17H26N2O2/c1-4-21-17(20)14-10-13(18)8-9-16(14)19-15-7-5-6-11(2)12(15)3/h8-12,15,19H,4-7,18H2,1-3H3. The van der Waals surface area contributed by atoms with Crippen molar-refractivity contribution in [3.63, 3.8) is 0 Å². The van der Waals surface area contributed by atoms with E-state index in [1.54, 1.807) is 6.07 Å². The molecule has 3 unspecified atom stereocenters. The molecule has 0 aliphatic heterocycles. The molecule has 0 amide bonds. The van der Waals surface area contributed by atoms with E-state index in [1.807, 2.05) is 19.1 Å². The molecule has 1 fully saturated rings. The molecular weight excluding hydrogens is 264 g/mol. The minimum Gasteiger partial charge on any atom is -0.462 e. The van der Waals surface area contributed by atoms with Crippen molar-refractivity contribution in [2.75, 3.05) is 17.7 Å². The van der Waals surface area contributed by atoms with Crippen LogP contribution in [0.5, 0.6) is 0 Å². The van der Waals surface area contributed by atoms with Crippen LogP contribution in [0.4, 0.5) is 11.4 Å². The van der Waals surface area contributed by atoms with Gasteiger partial charge in [-0.25, -0.2) is 4.79 Å².